The van der Waals surface area contributed by atoms with Gasteiger partial charge in [-0.1, -0.05) is 36.4 Å². The van der Waals surface area contributed by atoms with Gasteiger partial charge >= 0.3 is 5.97 Å². The van der Waals surface area contributed by atoms with Crippen LogP contribution in [0.5, 0.6) is 0 Å². The summed E-state index contributed by atoms with van der Waals surface area (Å²) in [5, 5.41) is 16.9. The number of aliphatic carboxylic acids is 1. The highest BCUT2D eigenvalue weighted by atomic mass is 32.1. The van der Waals surface area contributed by atoms with E-state index in [9.17, 15) is 24.3 Å². The highest BCUT2D eigenvalue weighted by Crippen LogP contribution is 2.23. The number of aromatic nitrogens is 2. The molecule has 0 bridgehead atoms. The molecular weight excluding hydrogens is 556 g/mol. The fourth-order valence-corrected chi connectivity index (χ4v) is 5.85. The summed E-state index contributed by atoms with van der Waals surface area (Å²) in [4.78, 5) is 59.5. The van der Waals surface area contributed by atoms with E-state index in [0.29, 0.717) is 25.8 Å². The molecule has 0 spiro atoms. The molecular formula is C30H34N6O5S. The number of fused-ring (bicyclic) bond motifs is 2. The van der Waals surface area contributed by atoms with E-state index in [1.807, 2.05) is 54.7 Å². The molecule has 220 valence electrons. The van der Waals surface area contributed by atoms with Crippen molar-refractivity contribution in [1.29, 1.82) is 0 Å². The number of H-pyrrole nitrogens is 2. The van der Waals surface area contributed by atoms with E-state index in [0.717, 1.165) is 32.9 Å². The largest absolute Gasteiger partial charge is 0.480 e. The number of para-hydroxylation sites is 2. The molecule has 4 aromatic rings. The second-order valence-electron chi connectivity index (χ2n) is 10.6. The molecule has 0 aliphatic carbocycles. The second-order valence-corrected chi connectivity index (χ2v) is 10.9. The van der Waals surface area contributed by atoms with Crippen molar-refractivity contribution < 1.29 is 24.3 Å². The Hall–Kier alpha value is -4.29. The maximum Gasteiger partial charge on any atom is 0.326 e. The van der Waals surface area contributed by atoms with Crippen LogP contribution < -0.4 is 16.4 Å². The van der Waals surface area contributed by atoms with Crippen LogP contribution in [0.1, 0.15) is 24.0 Å². The molecule has 7 N–H and O–H groups in total. The first-order valence-corrected chi connectivity index (χ1v) is 14.5. The summed E-state index contributed by atoms with van der Waals surface area (Å²) in [6, 6.07) is 11.3. The fourth-order valence-electron chi connectivity index (χ4n) is 5.60. The lowest BCUT2D eigenvalue weighted by Crippen LogP contribution is -2.57. The van der Waals surface area contributed by atoms with E-state index in [1.54, 1.807) is 6.20 Å². The molecule has 1 saturated heterocycles. The van der Waals surface area contributed by atoms with Crippen LogP contribution in [-0.4, -0.2) is 80.1 Å². The van der Waals surface area contributed by atoms with Crippen molar-refractivity contribution in [2.75, 3.05) is 12.3 Å². The van der Waals surface area contributed by atoms with Crippen LogP contribution in [0.2, 0.25) is 0 Å². The quantitative estimate of drug-likeness (QED) is 0.131. The smallest absolute Gasteiger partial charge is 0.326 e. The minimum atomic E-state index is -1.22. The lowest BCUT2D eigenvalue weighted by atomic mass is 10.0. The van der Waals surface area contributed by atoms with Gasteiger partial charge in [0.25, 0.3) is 0 Å². The number of carbonyl (C=O) groups is 4. The number of likely N-dealkylation sites (tertiary alicyclic amines) is 1. The maximum atomic E-state index is 13.3. The highest BCUT2D eigenvalue weighted by Gasteiger charge is 2.38. The predicted molar refractivity (Wildman–Crippen MR) is 162 cm³/mol. The number of hydrogen-bond acceptors (Lipinski definition) is 6. The SMILES string of the molecule is NC(Cc1c[nH]c2ccccc12)C(=O)N1CCCC1C(=O)NC(CS)C(=O)NC(Cc1c[nH]c2ccccc12)C(=O)O. The Morgan fingerprint density at radius 3 is 2.12 bits per heavy atom. The summed E-state index contributed by atoms with van der Waals surface area (Å²) in [6.07, 6.45) is 4.97. The third-order valence-electron chi connectivity index (χ3n) is 7.80. The van der Waals surface area contributed by atoms with Crippen LogP contribution in [-0.2, 0) is 32.0 Å². The van der Waals surface area contributed by atoms with Gasteiger partial charge in [-0.15, -0.1) is 0 Å². The molecule has 3 amide bonds. The molecule has 1 aliphatic heterocycles. The monoisotopic (exact) mass is 590 g/mol. The molecule has 1 fully saturated rings. The Bertz CT molecular complexity index is 1620. The molecule has 42 heavy (non-hydrogen) atoms. The van der Waals surface area contributed by atoms with Gasteiger partial charge < -0.3 is 36.3 Å². The minimum absolute atomic E-state index is 0.0531. The van der Waals surface area contributed by atoms with Gasteiger partial charge in [0.2, 0.25) is 17.7 Å². The van der Waals surface area contributed by atoms with Gasteiger partial charge in [-0.2, -0.15) is 12.6 Å². The zero-order valence-corrected chi connectivity index (χ0v) is 23.8. The minimum Gasteiger partial charge on any atom is -0.480 e. The number of carbonyl (C=O) groups excluding carboxylic acids is 3. The number of amides is 3. The normalized spacial score (nSPS) is 17.2. The van der Waals surface area contributed by atoms with Gasteiger partial charge in [-0.3, -0.25) is 14.4 Å². The van der Waals surface area contributed by atoms with E-state index < -0.39 is 42.0 Å². The number of carboxylic acid groups (broad SMARTS) is 1. The first kappa shape index (κ1) is 29.2. The number of hydrogen-bond donors (Lipinski definition) is 7. The zero-order chi connectivity index (χ0) is 29.8. The van der Waals surface area contributed by atoms with E-state index in [-0.39, 0.29) is 18.1 Å². The van der Waals surface area contributed by atoms with Gasteiger partial charge in [-0.25, -0.2) is 4.79 Å². The van der Waals surface area contributed by atoms with E-state index in [2.05, 4.69) is 33.2 Å². The third-order valence-corrected chi connectivity index (χ3v) is 8.16. The van der Waals surface area contributed by atoms with Gasteiger partial charge in [0.05, 0.1) is 6.04 Å². The molecule has 2 aromatic heterocycles. The predicted octanol–water partition coefficient (Wildman–Crippen LogP) is 1.74. The zero-order valence-electron chi connectivity index (χ0n) is 22.9. The van der Waals surface area contributed by atoms with Gasteiger partial charge in [0.1, 0.15) is 18.1 Å². The second kappa shape index (κ2) is 12.7. The van der Waals surface area contributed by atoms with Crippen molar-refractivity contribution in [3.05, 3.63) is 72.1 Å². The summed E-state index contributed by atoms with van der Waals surface area (Å²) < 4.78 is 0. The van der Waals surface area contributed by atoms with E-state index in [1.165, 1.54) is 4.90 Å². The molecule has 1 aliphatic rings. The fraction of sp³-hybridized carbons (Fsp3) is 0.333. The van der Waals surface area contributed by atoms with Crippen LogP contribution in [0, 0.1) is 0 Å². The third kappa shape index (κ3) is 6.14. The lowest BCUT2D eigenvalue weighted by molar-refractivity contribution is -0.142. The standard InChI is InChI=1S/C30H34N6O5S/c31-21(12-17-14-32-22-8-3-1-6-19(17)22)29(39)36-11-5-10-26(36)28(38)35-25(16-42)27(37)34-24(30(40)41)13-18-15-33-23-9-4-2-7-20(18)23/h1-4,6-9,14-15,21,24-26,32-33,42H,5,10-13,16,31H2,(H,34,37)(H,35,38)(H,40,41). The molecule has 4 atom stereocenters. The highest BCUT2D eigenvalue weighted by molar-refractivity contribution is 7.80. The van der Waals surface area contributed by atoms with Crippen LogP contribution >= 0.6 is 12.6 Å². The summed E-state index contributed by atoms with van der Waals surface area (Å²) in [5.74, 6) is -2.77. The number of benzene rings is 2. The van der Waals surface area contributed by atoms with Crippen molar-refractivity contribution in [2.24, 2.45) is 5.73 Å². The molecule has 4 unspecified atom stereocenters. The Morgan fingerprint density at radius 2 is 1.52 bits per heavy atom. The molecule has 3 heterocycles. The van der Waals surface area contributed by atoms with Crippen molar-refractivity contribution in [3.8, 4) is 0 Å². The molecule has 0 saturated carbocycles. The number of carboxylic acids is 1. The summed E-state index contributed by atoms with van der Waals surface area (Å²) in [7, 11) is 0. The Labute approximate surface area is 247 Å². The lowest BCUT2D eigenvalue weighted by Gasteiger charge is -2.28. The Balaban J connectivity index is 1.21. The van der Waals surface area contributed by atoms with Crippen LogP contribution in [0.15, 0.2) is 60.9 Å². The van der Waals surface area contributed by atoms with Gasteiger partial charge in [-0.05, 0) is 42.5 Å². The Kier molecular flexibility index (Phi) is 8.83. The van der Waals surface area contributed by atoms with Crippen LogP contribution in [0.3, 0.4) is 0 Å². The number of aromatic amines is 2. The summed E-state index contributed by atoms with van der Waals surface area (Å²) >= 11 is 4.23. The van der Waals surface area contributed by atoms with Crippen molar-refractivity contribution in [1.82, 2.24) is 25.5 Å². The average molecular weight is 591 g/mol. The number of thiol groups is 1. The molecule has 5 rings (SSSR count). The van der Waals surface area contributed by atoms with Crippen molar-refractivity contribution in [3.63, 3.8) is 0 Å². The van der Waals surface area contributed by atoms with Gasteiger partial charge in [0, 0.05) is 52.9 Å². The first-order valence-electron chi connectivity index (χ1n) is 13.9. The average Bonchev–Trinajstić information content (AvgIpc) is 3.74. The molecule has 12 heteroatoms. The molecule has 0 radical (unpaired) electrons. The molecule has 11 nitrogen and oxygen atoms in total. The van der Waals surface area contributed by atoms with E-state index >= 15 is 0 Å². The number of rotatable bonds is 11. The number of nitrogens with one attached hydrogen (secondary N) is 4. The summed E-state index contributed by atoms with van der Waals surface area (Å²) in [6.45, 7) is 0.377. The number of nitrogens with two attached hydrogens (primary N) is 1. The van der Waals surface area contributed by atoms with Crippen molar-refractivity contribution >= 4 is 58.1 Å². The van der Waals surface area contributed by atoms with Crippen LogP contribution in [0.25, 0.3) is 21.8 Å². The number of nitrogens with zero attached hydrogens (tertiary/aromatic N) is 1. The summed E-state index contributed by atoms with van der Waals surface area (Å²) in [5.41, 5.74) is 9.79. The van der Waals surface area contributed by atoms with Crippen molar-refractivity contribution in [2.45, 2.75) is 49.9 Å². The van der Waals surface area contributed by atoms with E-state index in [4.69, 9.17) is 5.73 Å². The Morgan fingerprint density at radius 1 is 0.929 bits per heavy atom. The molecule has 2 aromatic carbocycles. The topological polar surface area (TPSA) is 173 Å². The van der Waals surface area contributed by atoms with Crippen LogP contribution in [0.4, 0.5) is 0 Å². The first-order chi connectivity index (χ1) is 20.3. The maximum absolute atomic E-state index is 13.3. The van der Waals surface area contributed by atoms with Gasteiger partial charge in [0.15, 0.2) is 0 Å².